The molecule has 1 amide bonds. The Hall–Kier alpha value is -1.50. The summed E-state index contributed by atoms with van der Waals surface area (Å²) in [6.45, 7) is 9.37. The molecule has 3 rings (SSSR count). The van der Waals surface area contributed by atoms with Crippen LogP contribution in [0.5, 0.6) is 0 Å². The Kier molecular flexibility index (Phi) is 6.84. The number of carbonyl (C=O) groups excluding carboxylic acids is 1. The van der Waals surface area contributed by atoms with Crippen LogP contribution in [0.3, 0.4) is 0 Å². The molecule has 1 unspecified atom stereocenters. The minimum absolute atomic E-state index is 0.0167. The Morgan fingerprint density at radius 3 is 2.81 bits per heavy atom. The topological polar surface area (TPSA) is 60.9 Å². The minimum atomic E-state index is -0.154. The fourth-order valence-corrected chi connectivity index (χ4v) is 3.91. The average Bonchev–Trinajstić information content (AvgIpc) is 2.65. The Morgan fingerprint density at radius 1 is 1.33 bits per heavy atom. The van der Waals surface area contributed by atoms with Crippen LogP contribution in [0.1, 0.15) is 55.7 Å². The highest BCUT2D eigenvalue weighted by molar-refractivity contribution is 5.92. The second-order valence-electron chi connectivity index (χ2n) is 7.89. The van der Waals surface area contributed by atoms with Gasteiger partial charge in [0.1, 0.15) is 5.69 Å². The number of rotatable bonds is 6. The van der Waals surface area contributed by atoms with Crippen molar-refractivity contribution >= 4 is 5.91 Å². The number of piperidine rings is 1. The van der Waals surface area contributed by atoms with Crippen molar-refractivity contribution < 1.29 is 19.0 Å². The molecular weight excluding hydrogens is 344 g/mol. The van der Waals surface area contributed by atoms with Gasteiger partial charge in [-0.2, -0.15) is 0 Å². The van der Waals surface area contributed by atoms with E-state index < -0.39 is 0 Å². The van der Waals surface area contributed by atoms with Gasteiger partial charge >= 0.3 is 0 Å². The second kappa shape index (κ2) is 9.13. The number of likely N-dealkylation sites (tertiary alicyclic amines) is 1. The summed E-state index contributed by atoms with van der Waals surface area (Å²) >= 11 is 0. The third-order valence-corrected chi connectivity index (χ3v) is 5.41. The van der Waals surface area contributed by atoms with Gasteiger partial charge in [-0.15, -0.1) is 0 Å². The lowest BCUT2D eigenvalue weighted by Gasteiger charge is -2.46. The zero-order chi connectivity index (χ0) is 19.3. The third-order valence-electron chi connectivity index (χ3n) is 5.41. The molecule has 1 aromatic rings. The molecule has 0 aliphatic carbocycles. The Morgan fingerprint density at radius 2 is 2.11 bits per heavy atom. The quantitative estimate of drug-likeness (QED) is 0.715. The monoisotopic (exact) mass is 376 g/mol. The summed E-state index contributed by atoms with van der Waals surface area (Å²) < 4.78 is 17.7. The first-order chi connectivity index (χ1) is 13.0. The summed E-state index contributed by atoms with van der Waals surface area (Å²) in [7, 11) is 0. The van der Waals surface area contributed by atoms with E-state index in [1.165, 1.54) is 0 Å². The number of hydrogen-bond donors (Lipinski definition) is 0. The summed E-state index contributed by atoms with van der Waals surface area (Å²) in [5.41, 5.74) is 1.24. The molecule has 2 saturated heterocycles. The molecule has 150 valence electrons. The molecule has 0 saturated carbocycles. The van der Waals surface area contributed by atoms with Crippen molar-refractivity contribution in [2.75, 3.05) is 32.9 Å². The van der Waals surface area contributed by atoms with E-state index in [-0.39, 0.29) is 23.7 Å². The number of pyridine rings is 1. The van der Waals surface area contributed by atoms with Crippen molar-refractivity contribution in [3.63, 3.8) is 0 Å². The Balaban J connectivity index is 1.49. The van der Waals surface area contributed by atoms with Crippen molar-refractivity contribution in [1.82, 2.24) is 9.88 Å². The molecule has 6 heteroatoms. The summed E-state index contributed by atoms with van der Waals surface area (Å²) in [6.07, 6.45) is 3.99. The SMILES string of the molecule is Cc1cccc(C(=O)N2CCC3(CC2)CC(OCCOC(C)C)CCO3)n1. The lowest BCUT2D eigenvalue weighted by atomic mass is 9.83. The molecule has 1 spiro atoms. The third kappa shape index (κ3) is 5.50. The van der Waals surface area contributed by atoms with Crippen molar-refractivity contribution in [2.24, 2.45) is 0 Å². The number of aryl methyl sites for hydroxylation is 1. The van der Waals surface area contributed by atoms with E-state index in [9.17, 15) is 4.79 Å². The number of amides is 1. The first kappa shape index (κ1) is 20.2. The molecule has 0 N–H and O–H groups in total. The normalized spacial score (nSPS) is 22.4. The molecule has 27 heavy (non-hydrogen) atoms. The van der Waals surface area contributed by atoms with Crippen molar-refractivity contribution in [3.05, 3.63) is 29.6 Å². The molecule has 1 aromatic heterocycles. The predicted octanol–water partition coefficient (Wildman–Crippen LogP) is 2.99. The van der Waals surface area contributed by atoms with Crippen LogP contribution < -0.4 is 0 Å². The lowest BCUT2D eigenvalue weighted by Crippen LogP contribution is -2.52. The second-order valence-corrected chi connectivity index (χ2v) is 7.89. The summed E-state index contributed by atoms with van der Waals surface area (Å²) in [5.74, 6) is 0.0167. The molecule has 0 aromatic carbocycles. The van der Waals surface area contributed by atoms with Gasteiger partial charge in [0, 0.05) is 31.8 Å². The maximum atomic E-state index is 12.7. The van der Waals surface area contributed by atoms with Crippen LogP contribution in [0.4, 0.5) is 0 Å². The van der Waals surface area contributed by atoms with Gasteiger partial charge in [-0.1, -0.05) is 6.07 Å². The van der Waals surface area contributed by atoms with E-state index in [2.05, 4.69) is 4.98 Å². The highest BCUT2D eigenvalue weighted by Crippen LogP contribution is 2.36. The lowest BCUT2D eigenvalue weighted by molar-refractivity contribution is -0.156. The van der Waals surface area contributed by atoms with Gasteiger partial charge in [-0.25, -0.2) is 4.98 Å². The molecule has 2 aliphatic rings. The van der Waals surface area contributed by atoms with Crippen molar-refractivity contribution in [1.29, 1.82) is 0 Å². The summed E-state index contributed by atoms with van der Waals surface area (Å²) in [4.78, 5) is 19.0. The van der Waals surface area contributed by atoms with Crippen LogP contribution in [-0.2, 0) is 14.2 Å². The molecule has 3 heterocycles. The fraction of sp³-hybridized carbons (Fsp3) is 0.714. The number of carbonyl (C=O) groups is 1. The minimum Gasteiger partial charge on any atom is -0.376 e. The number of hydrogen-bond acceptors (Lipinski definition) is 5. The molecule has 1 atom stereocenters. The van der Waals surface area contributed by atoms with Crippen LogP contribution in [-0.4, -0.2) is 66.5 Å². The highest BCUT2D eigenvalue weighted by atomic mass is 16.5. The van der Waals surface area contributed by atoms with Crippen LogP contribution in [0.15, 0.2) is 18.2 Å². The predicted molar refractivity (Wildman–Crippen MR) is 103 cm³/mol. The van der Waals surface area contributed by atoms with Crippen LogP contribution in [0.25, 0.3) is 0 Å². The molecule has 0 bridgehead atoms. The zero-order valence-corrected chi connectivity index (χ0v) is 16.8. The van der Waals surface area contributed by atoms with Gasteiger partial charge in [-0.3, -0.25) is 4.79 Å². The number of nitrogens with zero attached hydrogens (tertiary/aromatic N) is 2. The fourth-order valence-electron chi connectivity index (χ4n) is 3.91. The van der Waals surface area contributed by atoms with Gasteiger partial charge in [0.2, 0.25) is 0 Å². The van der Waals surface area contributed by atoms with Crippen LogP contribution in [0.2, 0.25) is 0 Å². The van der Waals surface area contributed by atoms with Crippen molar-refractivity contribution in [3.8, 4) is 0 Å². The largest absolute Gasteiger partial charge is 0.376 e. The highest BCUT2D eigenvalue weighted by Gasteiger charge is 2.41. The van der Waals surface area contributed by atoms with Gasteiger partial charge < -0.3 is 19.1 Å². The van der Waals surface area contributed by atoms with E-state index in [4.69, 9.17) is 14.2 Å². The van der Waals surface area contributed by atoms with Gasteiger partial charge in [0.25, 0.3) is 5.91 Å². The summed E-state index contributed by atoms with van der Waals surface area (Å²) in [5, 5.41) is 0. The van der Waals surface area contributed by atoms with E-state index in [1.807, 2.05) is 37.8 Å². The molecule has 6 nitrogen and oxygen atoms in total. The number of aromatic nitrogens is 1. The van der Waals surface area contributed by atoms with Gasteiger partial charge in [0.15, 0.2) is 0 Å². The Labute approximate surface area is 162 Å². The summed E-state index contributed by atoms with van der Waals surface area (Å²) in [6, 6.07) is 5.58. The van der Waals surface area contributed by atoms with Crippen molar-refractivity contribution in [2.45, 2.75) is 64.3 Å². The Bertz CT molecular complexity index is 626. The van der Waals surface area contributed by atoms with E-state index in [0.29, 0.717) is 32.0 Å². The first-order valence-electron chi connectivity index (χ1n) is 10.1. The maximum absolute atomic E-state index is 12.7. The number of ether oxygens (including phenoxy) is 3. The van der Waals surface area contributed by atoms with Crippen LogP contribution >= 0.6 is 0 Å². The smallest absolute Gasteiger partial charge is 0.272 e. The zero-order valence-electron chi connectivity index (χ0n) is 16.8. The standard InChI is InChI=1S/C21H32N2O4/c1-16(2)25-13-14-26-18-7-12-27-21(15-18)8-10-23(11-9-21)20(24)19-6-4-5-17(3)22-19/h4-6,16,18H,7-15H2,1-3H3. The van der Waals surface area contributed by atoms with Gasteiger partial charge in [0.05, 0.1) is 31.0 Å². The first-order valence-corrected chi connectivity index (χ1v) is 10.1. The van der Waals surface area contributed by atoms with Gasteiger partial charge in [-0.05, 0) is 52.2 Å². The molecular formula is C21H32N2O4. The maximum Gasteiger partial charge on any atom is 0.272 e. The molecule has 2 fully saturated rings. The average molecular weight is 376 g/mol. The van der Waals surface area contributed by atoms with E-state index in [0.717, 1.165) is 38.0 Å². The molecule has 0 radical (unpaired) electrons. The molecule has 2 aliphatic heterocycles. The van der Waals surface area contributed by atoms with E-state index in [1.54, 1.807) is 6.07 Å². The van der Waals surface area contributed by atoms with E-state index >= 15 is 0 Å². The van der Waals surface area contributed by atoms with Crippen LogP contribution in [0, 0.1) is 6.92 Å².